The molecule has 2 atom stereocenters. The van der Waals surface area contributed by atoms with Gasteiger partial charge < -0.3 is 0 Å². The smallest absolute Gasteiger partial charge is 0.249 e. The largest absolute Gasteiger partial charge is 0.264 e. The number of fused-ring (bicyclic) bond motifs is 3. The van der Waals surface area contributed by atoms with Gasteiger partial charge in [-0.15, -0.1) is 0 Å². The zero-order valence-corrected chi connectivity index (χ0v) is 11.5. The Bertz CT molecular complexity index is 589. The Morgan fingerprint density at radius 2 is 1.94 bits per heavy atom. The number of nitrogens with zero attached hydrogens (tertiary/aromatic N) is 1. The van der Waals surface area contributed by atoms with Gasteiger partial charge in [0.1, 0.15) is 8.07 Å². The highest BCUT2D eigenvalue weighted by Gasteiger charge is 2.44. The number of hydrogen-bond donors (Lipinski definition) is 0. The highest BCUT2D eigenvalue weighted by molar-refractivity contribution is 6.97. The van der Waals surface area contributed by atoms with E-state index in [9.17, 15) is 10.1 Å². The quantitative estimate of drug-likeness (QED) is 0.335. The Kier molecular flexibility index (Phi) is 2.32. The Balaban J connectivity index is 2.16. The van der Waals surface area contributed by atoms with Crippen LogP contribution in [0.4, 0.5) is 0 Å². The summed E-state index contributed by atoms with van der Waals surface area (Å²) in [4.78, 5) is 10.7. The molecular weight excluding hydrogens is 242 g/mol. The summed E-state index contributed by atoms with van der Waals surface area (Å²) in [5.41, 5.74) is 1.35. The van der Waals surface area contributed by atoms with E-state index in [1.165, 1.54) is 15.9 Å². The molecule has 1 heterocycles. The third-order valence-corrected chi connectivity index (χ3v) is 7.84. The molecule has 3 rings (SSSR count). The predicted molar refractivity (Wildman–Crippen MR) is 74.3 cm³/mol. The van der Waals surface area contributed by atoms with Crippen LogP contribution in [0.15, 0.2) is 47.7 Å². The van der Waals surface area contributed by atoms with Crippen LogP contribution in [0, 0.1) is 10.1 Å². The van der Waals surface area contributed by atoms with Crippen LogP contribution in [0.1, 0.15) is 11.5 Å². The lowest BCUT2D eigenvalue weighted by Gasteiger charge is -2.23. The van der Waals surface area contributed by atoms with Gasteiger partial charge in [-0.2, -0.15) is 0 Å². The zero-order chi connectivity index (χ0) is 12.9. The number of hydrogen-bond acceptors (Lipinski definition) is 2. The summed E-state index contributed by atoms with van der Waals surface area (Å²) in [6.07, 6.45) is 5.63. The van der Waals surface area contributed by atoms with Gasteiger partial charge in [0.05, 0.1) is 0 Å². The molecule has 1 aromatic rings. The van der Waals surface area contributed by atoms with Crippen molar-refractivity contribution in [1.82, 2.24) is 0 Å². The molecule has 0 saturated carbocycles. The van der Waals surface area contributed by atoms with Crippen LogP contribution >= 0.6 is 0 Å². The van der Waals surface area contributed by atoms with E-state index in [0.717, 1.165) is 0 Å². The highest BCUT2D eigenvalue weighted by atomic mass is 28.3. The van der Waals surface area contributed by atoms with Crippen LogP contribution in [0.25, 0.3) is 0 Å². The third kappa shape index (κ3) is 1.42. The van der Waals surface area contributed by atoms with Crippen LogP contribution in [0.2, 0.25) is 13.1 Å². The van der Waals surface area contributed by atoms with Gasteiger partial charge in [0.25, 0.3) is 0 Å². The molecule has 1 aliphatic carbocycles. The normalized spacial score (nSPS) is 27.3. The van der Waals surface area contributed by atoms with E-state index in [2.05, 4.69) is 37.4 Å². The first-order valence-electron chi connectivity index (χ1n) is 6.15. The average molecular weight is 257 g/mol. The maximum atomic E-state index is 11.0. The van der Waals surface area contributed by atoms with Crippen molar-refractivity contribution in [2.24, 2.45) is 0 Å². The molecule has 3 nitrogen and oxygen atoms in total. The minimum absolute atomic E-state index is 0.215. The molecule has 2 aliphatic rings. The number of benzene rings is 1. The second-order valence-electron chi connectivity index (χ2n) is 5.47. The summed E-state index contributed by atoms with van der Waals surface area (Å²) in [5.74, 6) is 0.277. The molecule has 0 bridgehead atoms. The van der Waals surface area contributed by atoms with Crippen molar-refractivity contribution < 1.29 is 4.92 Å². The lowest BCUT2D eigenvalue weighted by atomic mass is 9.93. The van der Waals surface area contributed by atoms with Gasteiger partial charge in [-0.3, -0.25) is 10.1 Å². The summed E-state index contributed by atoms with van der Waals surface area (Å²) >= 11 is 0. The van der Waals surface area contributed by atoms with Crippen LogP contribution in [0.3, 0.4) is 0 Å². The van der Waals surface area contributed by atoms with E-state index in [1.807, 2.05) is 12.2 Å². The second-order valence-corrected chi connectivity index (χ2v) is 9.84. The van der Waals surface area contributed by atoms with Gasteiger partial charge in [0.2, 0.25) is 6.04 Å². The highest BCUT2D eigenvalue weighted by Crippen LogP contribution is 2.41. The first-order chi connectivity index (χ1) is 8.51. The van der Waals surface area contributed by atoms with Crippen LogP contribution in [0.5, 0.6) is 0 Å². The molecule has 0 N–H and O–H groups in total. The molecule has 1 aliphatic heterocycles. The molecule has 4 heteroatoms. The lowest BCUT2D eigenvalue weighted by molar-refractivity contribution is -0.496. The van der Waals surface area contributed by atoms with Crippen molar-refractivity contribution in [2.75, 3.05) is 0 Å². The fraction of sp³-hybridized carbons (Fsp3) is 0.286. The standard InChI is InChI=1S/C14H15NO2Si/c1-18(2)13-6-4-3-5-11(13)12-8-7-10(15(16)17)9-14(12)18/h3-10,12H,1-2H3. The molecule has 92 valence electrons. The maximum Gasteiger partial charge on any atom is 0.249 e. The minimum atomic E-state index is -1.71. The zero-order valence-electron chi connectivity index (χ0n) is 10.5. The van der Waals surface area contributed by atoms with Crippen molar-refractivity contribution in [3.05, 3.63) is 63.4 Å². The molecule has 0 saturated heterocycles. The summed E-state index contributed by atoms with van der Waals surface area (Å²) in [6.45, 7) is 4.57. The molecule has 0 amide bonds. The Morgan fingerprint density at radius 3 is 2.67 bits per heavy atom. The van der Waals surface area contributed by atoms with Crippen molar-refractivity contribution in [3.63, 3.8) is 0 Å². The van der Waals surface area contributed by atoms with E-state index in [4.69, 9.17) is 0 Å². The Labute approximate surface area is 107 Å². The number of allylic oxidation sites excluding steroid dienone is 2. The van der Waals surface area contributed by atoms with Gasteiger partial charge in [0, 0.05) is 10.8 Å². The van der Waals surface area contributed by atoms with Gasteiger partial charge >= 0.3 is 0 Å². The van der Waals surface area contributed by atoms with E-state index in [1.54, 1.807) is 6.08 Å². The van der Waals surface area contributed by atoms with Gasteiger partial charge in [-0.25, -0.2) is 0 Å². The molecule has 0 aromatic heterocycles. The molecule has 18 heavy (non-hydrogen) atoms. The van der Waals surface area contributed by atoms with Crippen molar-refractivity contribution >= 4 is 13.3 Å². The SMILES string of the molecule is C[Si]1(C)C2=CC([N+](=O)[O-])C=CC2c2ccccc21. The van der Waals surface area contributed by atoms with Gasteiger partial charge in [-0.1, -0.05) is 53.8 Å². The van der Waals surface area contributed by atoms with Crippen LogP contribution in [-0.2, 0) is 0 Å². The van der Waals surface area contributed by atoms with Crippen molar-refractivity contribution in [1.29, 1.82) is 0 Å². The maximum absolute atomic E-state index is 11.0. The predicted octanol–water partition coefficient (Wildman–Crippen LogP) is 2.38. The van der Waals surface area contributed by atoms with Crippen LogP contribution in [-0.4, -0.2) is 19.0 Å². The average Bonchev–Trinajstić information content (AvgIpc) is 2.59. The van der Waals surface area contributed by atoms with E-state index in [-0.39, 0.29) is 10.8 Å². The fourth-order valence-corrected chi connectivity index (χ4v) is 6.57. The molecular formula is C14H15NO2Si. The lowest BCUT2D eigenvalue weighted by Crippen LogP contribution is -2.41. The van der Waals surface area contributed by atoms with Crippen molar-refractivity contribution in [3.8, 4) is 0 Å². The first-order valence-corrected chi connectivity index (χ1v) is 9.15. The van der Waals surface area contributed by atoms with E-state index in [0.29, 0.717) is 0 Å². The summed E-state index contributed by atoms with van der Waals surface area (Å²) in [5, 5.41) is 13.7. The fourth-order valence-electron chi connectivity index (χ4n) is 3.16. The molecule has 0 spiro atoms. The first kappa shape index (κ1) is 11.4. The minimum Gasteiger partial charge on any atom is -0.264 e. The van der Waals surface area contributed by atoms with Gasteiger partial charge in [0.15, 0.2) is 0 Å². The van der Waals surface area contributed by atoms with E-state index >= 15 is 0 Å². The topological polar surface area (TPSA) is 43.1 Å². The Hall–Kier alpha value is -1.68. The molecule has 0 radical (unpaired) electrons. The molecule has 0 fully saturated rings. The van der Waals surface area contributed by atoms with Gasteiger partial charge in [-0.05, 0) is 17.7 Å². The summed E-state index contributed by atoms with van der Waals surface area (Å²) < 4.78 is 0. The Morgan fingerprint density at radius 1 is 1.22 bits per heavy atom. The number of rotatable bonds is 1. The number of nitro groups is 1. The second kappa shape index (κ2) is 3.65. The van der Waals surface area contributed by atoms with Crippen molar-refractivity contribution in [2.45, 2.75) is 25.1 Å². The van der Waals surface area contributed by atoms with E-state index < -0.39 is 14.1 Å². The monoisotopic (exact) mass is 257 g/mol. The van der Waals surface area contributed by atoms with Crippen LogP contribution < -0.4 is 5.19 Å². The summed E-state index contributed by atoms with van der Waals surface area (Å²) in [7, 11) is -1.71. The third-order valence-electron chi connectivity index (χ3n) is 4.12. The molecule has 2 unspecified atom stereocenters. The summed E-state index contributed by atoms with van der Waals surface area (Å²) in [6, 6.07) is 7.83. The molecule has 1 aromatic carbocycles.